The fourth-order valence-electron chi connectivity index (χ4n) is 1.38. The van der Waals surface area contributed by atoms with Crippen LogP contribution >= 0.6 is 0 Å². The lowest BCUT2D eigenvalue weighted by molar-refractivity contribution is 0.193. The van der Waals surface area contributed by atoms with Gasteiger partial charge in [0, 0.05) is 18.3 Å². The Balaban J connectivity index is 0.000000771. The van der Waals surface area contributed by atoms with Crippen LogP contribution in [-0.4, -0.2) is 6.21 Å². The lowest BCUT2D eigenvalue weighted by Crippen LogP contribution is -1.97. The Labute approximate surface area is 109 Å². The average molecular weight is 244 g/mol. The number of nitrogens with zero attached hydrogens (tertiary/aromatic N) is 1. The first-order valence-corrected chi connectivity index (χ1v) is 6.19. The minimum atomic E-state index is 0.565. The Kier molecular flexibility index (Phi) is 6.33. The van der Waals surface area contributed by atoms with Gasteiger partial charge in [-0.3, -0.25) is 4.99 Å². The summed E-state index contributed by atoms with van der Waals surface area (Å²) < 4.78 is 5.64. The van der Waals surface area contributed by atoms with E-state index >= 15 is 0 Å². The monoisotopic (exact) mass is 244 g/mol. The molecule has 2 rings (SSSR count). The molecule has 3 heteroatoms. The molecule has 1 aromatic rings. The fourth-order valence-corrected chi connectivity index (χ4v) is 1.38. The number of rotatable bonds is 3. The lowest BCUT2D eigenvalue weighted by atomic mass is 10.2. The van der Waals surface area contributed by atoms with Gasteiger partial charge in [0.2, 0.25) is 0 Å². The zero-order valence-electron chi connectivity index (χ0n) is 11.0. The van der Waals surface area contributed by atoms with Gasteiger partial charge in [0.05, 0.1) is 6.20 Å². The molecule has 0 aromatic heterocycles. The van der Waals surface area contributed by atoms with Crippen molar-refractivity contribution in [3.63, 3.8) is 0 Å². The highest BCUT2D eigenvalue weighted by atomic mass is 16.5. The SMILES string of the molecule is CC.NC1=CCC(OCc2ccccc2)=CN=C1. The molecule has 3 nitrogen and oxygen atoms in total. The van der Waals surface area contributed by atoms with E-state index in [9.17, 15) is 0 Å². The molecule has 1 heterocycles. The van der Waals surface area contributed by atoms with Crippen molar-refractivity contribution in [2.45, 2.75) is 26.9 Å². The zero-order valence-corrected chi connectivity index (χ0v) is 11.0. The van der Waals surface area contributed by atoms with Gasteiger partial charge in [0.1, 0.15) is 12.4 Å². The summed E-state index contributed by atoms with van der Waals surface area (Å²) in [5.74, 6) is 0.834. The van der Waals surface area contributed by atoms with Gasteiger partial charge in [-0.1, -0.05) is 50.3 Å². The van der Waals surface area contributed by atoms with Crippen LogP contribution in [0.4, 0.5) is 0 Å². The summed E-state index contributed by atoms with van der Waals surface area (Å²) in [6.45, 7) is 4.57. The molecule has 0 atom stereocenters. The molecule has 96 valence electrons. The summed E-state index contributed by atoms with van der Waals surface area (Å²) in [6, 6.07) is 10.0. The molecular weight excluding hydrogens is 224 g/mol. The summed E-state index contributed by atoms with van der Waals surface area (Å²) in [4.78, 5) is 4.04. The van der Waals surface area contributed by atoms with Crippen molar-refractivity contribution in [1.29, 1.82) is 0 Å². The molecule has 0 radical (unpaired) electrons. The third kappa shape index (κ3) is 4.87. The smallest absolute Gasteiger partial charge is 0.118 e. The van der Waals surface area contributed by atoms with Crippen LogP contribution in [0.3, 0.4) is 0 Å². The average Bonchev–Trinajstić information content (AvgIpc) is 2.65. The van der Waals surface area contributed by atoms with Crippen molar-refractivity contribution >= 4 is 6.21 Å². The van der Waals surface area contributed by atoms with Gasteiger partial charge >= 0.3 is 0 Å². The molecular formula is C15H20N2O. The van der Waals surface area contributed by atoms with Crippen LogP contribution in [-0.2, 0) is 11.3 Å². The Morgan fingerprint density at radius 3 is 2.67 bits per heavy atom. The zero-order chi connectivity index (χ0) is 13.2. The van der Waals surface area contributed by atoms with Gasteiger partial charge in [-0.15, -0.1) is 0 Å². The van der Waals surface area contributed by atoms with Crippen LogP contribution < -0.4 is 5.73 Å². The van der Waals surface area contributed by atoms with Crippen LogP contribution in [0, 0.1) is 0 Å². The van der Waals surface area contributed by atoms with E-state index in [1.807, 2.05) is 50.3 Å². The van der Waals surface area contributed by atoms with Crippen molar-refractivity contribution in [2.24, 2.45) is 10.7 Å². The minimum absolute atomic E-state index is 0.565. The van der Waals surface area contributed by atoms with Gasteiger partial charge in [0.15, 0.2) is 0 Å². The van der Waals surface area contributed by atoms with Crippen molar-refractivity contribution < 1.29 is 4.74 Å². The standard InChI is InChI=1S/C13H14N2O.C2H6/c14-12-6-7-13(9-15-8-12)16-10-11-4-2-1-3-5-11;1-2/h1-6,8-9H,7,10,14H2;1-2H3. The number of allylic oxidation sites excluding steroid dienone is 2. The van der Waals surface area contributed by atoms with E-state index in [2.05, 4.69) is 4.99 Å². The van der Waals surface area contributed by atoms with E-state index in [0.717, 1.165) is 11.3 Å². The topological polar surface area (TPSA) is 47.6 Å². The summed E-state index contributed by atoms with van der Waals surface area (Å²) in [7, 11) is 0. The second-order valence-electron chi connectivity index (χ2n) is 3.56. The van der Waals surface area contributed by atoms with Crippen molar-refractivity contribution in [3.8, 4) is 0 Å². The summed E-state index contributed by atoms with van der Waals surface area (Å²) >= 11 is 0. The van der Waals surface area contributed by atoms with Gasteiger partial charge in [-0.25, -0.2) is 0 Å². The normalized spacial score (nSPS) is 13.7. The van der Waals surface area contributed by atoms with Gasteiger partial charge in [-0.2, -0.15) is 0 Å². The van der Waals surface area contributed by atoms with E-state index in [-0.39, 0.29) is 0 Å². The molecule has 2 N–H and O–H groups in total. The second kappa shape index (κ2) is 8.12. The minimum Gasteiger partial charge on any atom is -0.491 e. The third-order valence-electron chi connectivity index (χ3n) is 2.25. The first-order chi connectivity index (χ1) is 8.84. The van der Waals surface area contributed by atoms with Gasteiger partial charge < -0.3 is 10.5 Å². The highest BCUT2D eigenvalue weighted by Crippen LogP contribution is 2.12. The maximum atomic E-state index is 5.64. The lowest BCUT2D eigenvalue weighted by Gasteiger charge is -2.07. The van der Waals surface area contributed by atoms with Crippen molar-refractivity contribution in [3.05, 3.63) is 59.6 Å². The van der Waals surface area contributed by atoms with E-state index in [1.54, 1.807) is 12.4 Å². The van der Waals surface area contributed by atoms with Crippen LogP contribution in [0.1, 0.15) is 25.8 Å². The largest absolute Gasteiger partial charge is 0.491 e. The molecule has 0 saturated carbocycles. The number of hydrogen-bond donors (Lipinski definition) is 1. The molecule has 18 heavy (non-hydrogen) atoms. The van der Waals surface area contributed by atoms with Crippen LogP contribution in [0.5, 0.6) is 0 Å². The molecule has 0 bridgehead atoms. The van der Waals surface area contributed by atoms with E-state index < -0.39 is 0 Å². The van der Waals surface area contributed by atoms with Crippen LogP contribution in [0.2, 0.25) is 0 Å². The maximum Gasteiger partial charge on any atom is 0.118 e. The predicted octanol–water partition coefficient (Wildman–Crippen LogP) is 3.39. The van der Waals surface area contributed by atoms with Crippen LogP contribution in [0.15, 0.2) is 59.1 Å². The first kappa shape index (κ1) is 14.0. The predicted molar refractivity (Wildman–Crippen MR) is 76.0 cm³/mol. The molecule has 0 spiro atoms. The Morgan fingerprint density at radius 1 is 1.22 bits per heavy atom. The molecule has 0 unspecified atom stereocenters. The molecule has 0 aliphatic carbocycles. The third-order valence-corrected chi connectivity index (χ3v) is 2.25. The molecule has 1 aliphatic rings. The number of aliphatic imine (C=N–C) groups is 1. The summed E-state index contributed by atoms with van der Waals surface area (Å²) in [6.07, 6.45) is 5.92. The molecule has 0 amide bonds. The molecule has 1 aliphatic heterocycles. The van der Waals surface area contributed by atoms with Crippen molar-refractivity contribution in [2.75, 3.05) is 0 Å². The first-order valence-electron chi connectivity index (χ1n) is 6.19. The quantitative estimate of drug-likeness (QED) is 0.886. The highest BCUT2D eigenvalue weighted by molar-refractivity contribution is 5.78. The number of nitrogens with two attached hydrogens (primary N) is 1. The number of hydrogen-bond acceptors (Lipinski definition) is 3. The Hall–Kier alpha value is -2.03. The van der Waals surface area contributed by atoms with Gasteiger partial charge in [0.25, 0.3) is 0 Å². The highest BCUT2D eigenvalue weighted by Gasteiger charge is 2.00. The maximum absolute atomic E-state index is 5.64. The summed E-state index contributed by atoms with van der Waals surface area (Å²) in [5, 5.41) is 0. The second-order valence-corrected chi connectivity index (χ2v) is 3.56. The van der Waals surface area contributed by atoms with E-state index in [1.165, 1.54) is 0 Å². The Bertz CT molecular complexity index is 430. The Morgan fingerprint density at radius 2 is 1.94 bits per heavy atom. The van der Waals surface area contributed by atoms with Crippen molar-refractivity contribution in [1.82, 2.24) is 0 Å². The van der Waals surface area contributed by atoms with E-state index in [0.29, 0.717) is 18.7 Å². The summed E-state index contributed by atoms with van der Waals surface area (Å²) in [5.41, 5.74) is 7.45. The fraction of sp³-hybridized carbons (Fsp3) is 0.267. The van der Waals surface area contributed by atoms with Gasteiger partial charge in [-0.05, 0) is 5.56 Å². The number of ether oxygens (including phenoxy) is 1. The van der Waals surface area contributed by atoms with E-state index in [4.69, 9.17) is 10.5 Å². The number of benzene rings is 1. The molecule has 0 saturated heterocycles. The van der Waals surface area contributed by atoms with Crippen LogP contribution in [0.25, 0.3) is 0 Å². The molecule has 0 fully saturated rings. The molecule has 1 aromatic carbocycles.